The standard InChI is InChI=1S/C19H21NO6/c1-2-25-17(22)8-5-11-20-16(21)12-26-19(24)15-10-9-13-6-3-4-7-14(13)18(15)23/h3-4,6-7,9-10,23H,2,5,8,11-12H2,1H3,(H,20,21). The second-order valence-corrected chi connectivity index (χ2v) is 5.52. The SMILES string of the molecule is CCOC(=O)CCCNC(=O)COC(=O)c1ccc2ccccc2c1O. The normalized spacial score (nSPS) is 10.3. The summed E-state index contributed by atoms with van der Waals surface area (Å²) in [6, 6.07) is 10.2. The van der Waals surface area contributed by atoms with Crippen LogP contribution in [0.5, 0.6) is 5.75 Å². The minimum absolute atomic E-state index is 0.00110. The minimum atomic E-state index is -0.782. The van der Waals surface area contributed by atoms with Crippen LogP contribution in [-0.4, -0.2) is 42.7 Å². The van der Waals surface area contributed by atoms with Crippen molar-refractivity contribution in [3.63, 3.8) is 0 Å². The van der Waals surface area contributed by atoms with Crippen molar-refractivity contribution < 1.29 is 29.0 Å². The molecule has 2 N–H and O–H groups in total. The lowest BCUT2D eigenvalue weighted by Gasteiger charge is -2.09. The first-order valence-electron chi connectivity index (χ1n) is 8.33. The van der Waals surface area contributed by atoms with Gasteiger partial charge in [0.25, 0.3) is 5.91 Å². The van der Waals surface area contributed by atoms with Crippen LogP contribution in [0.2, 0.25) is 0 Å². The number of carbonyl (C=O) groups excluding carboxylic acids is 3. The number of aromatic hydroxyl groups is 1. The molecule has 0 spiro atoms. The topological polar surface area (TPSA) is 102 Å². The van der Waals surface area contributed by atoms with Crippen molar-refractivity contribution in [3.05, 3.63) is 42.0 Å². The average molecular weight is 359 g/mol. The Hall–Kier alpha value is -3.09. The van der Waals surface area contributed by atoms with Gasteiger partial charge < -0.3 is 19.9 Å². The van der Waals surface area contributed by atoms with Crippen LogP contribution in [0.25, 0.3) is 10.8 Å². The quantitative estimate of drug-likeness (QED) is 0.553. The molecular weight excluding hydrogens is 338 g/mol. The van der Waals surface area contributed by atoms with Crippen molar-refractivity contribution >= 4 is 28.6 Å². The van der Waals surface area contributed by atoms with Crippen molar-refractivity contribution in [1.29, 1.82) is 0 Å². The summed E-state index contributed by atoms with van der Waals surface area (Å²) in [5.41, 5.74) is -0.00110. The lowest BCUT2D eigenvalue weighted by atomic mass is 10.1. The van der Waals surface area contributed by atoms with Gasteiger partial charge in [0, 0.05) is 18.4 Å². The number of ether oxygens (including phenoxy) is 2. The number of carbonyl (C=O) groups is 3. The van der Waals surface area contributed by atoms with Crippen molar-refractivity contribution in [1.82, 2.24) is 5.32 Å². The molecule has 0 atom stereocenters. The number of fused-ring (bicyclic) bond motifs is 1. The van der Waals surface area contributed by atoms with Gasteiger partial charge in [-0.25, -0.2) is 4.79 Å². The van der Waals surface area contributed by atoms with E-state index in [2.05, 4.69) is 5.32 Å². The molecule has 7 nitrogen and oxygen atoms in total. The molecule has 0 bridgehead atoms. The zero-order valence-electron chi connectivity index (χ0n) is 14.5. The summed E-state index contributed by atoms with van der Waals surface area (Å²) < 4.78 is 9.71. The molecule has 0 aliphatic rings. The molecule has 0 saturated carbocycles. The number of benzene rings is 2. The summed E-state index contributed by atoms with van der Waals surface area (Å²) in [6.07, 6.45) is 0.642. The Morgan fingerprint density at radius 3 is 2.62 bits per heavy atom. The molecule has 138 valence electrons. The number of hydrogen-bond donors (Lipinski definition) is 2. The zero-order valence-corrected chi connectivity index (χ0v) is 14.5. The molecule has 0 aliphatic heterocycles. The smallest absolute Gasteiger partial charge is 0.342 e. The highest BCUT2D eigenvalue weighted by Crippen LogP contribution is 2.28. The molecule has 0 aliphatic carbocycles. The Kier molecular flexibility index (Phi) is 6.96. The van der Waals surface area contributed by atoms with Gasteiger partial charge in [0.05, 0.1) is 6.61 Å². The molecule has 7 heteroatoms. The lowest BCUT2D eigenvalue weighted by Crippen LogP contribution is -2.30. The van der Waals surface area contributed by atoms with E-state index in [1.165, 1.54) is 6.07 Å². The van der Waals surface area contributed by atoms with Gasteiger partial charge >= 0.3 is 11.9 Å². The van der Waals surface area contributed by atoms with E-state index in [1.807, 2.05) is 12.1 Å². The number of phenolic OH excluding ortho intramolecular Hbond substituents is 1. The van der Waals surface area contributed by atoms with E-state index in [-0.39, 0.29) is 30.2 Å². The van der Waals surface area contributed by atoms with Gasteiger partial charge in [-0.15, -0.1) is 0 Å². The molecule has 2 aromatic carbocycles. The van der Waals surface area contributed by atoms with E-state index in [9.17, 15) is 19.5 Å². The predicted octanol–water partition coefficient (Wildman–Crippen LogP) is 2.16. The number of hydrogen-bond acceptors (Lipinski definition) is 6. The van der Waals surface area contributed by atoms with Gasteiger partial charge in [0.2, 0.25) is 0 Å². The summed E-state index contributed by atoms with van der Waals surface area (Å²) >= 11 is 0. The summed E-state index contributed by atoms with van der Waals surface area (Å²) in [4.78, 5) is 34.9. The highest BCUT2D eigenvalue weighted by atomic mass is 16.5. The van der Waals surface area contributed by atoms with Crippen molar-refractivity contribution in [3.8, 4) is 5.75 Å². The monoisotopic (exact) mass is 359 g/mol. The third kappa shape index (κ3) is 5.20. The van der Waals surface area contributed by atoms with Gasteiger partial charge in [-0.05, 0) is 24.8 Å². The molecule has 26 heavy (non-hydrogen) atoms. The zero-order chi connectivity index (χ0) is 18.9. The molecule has 0 fully saturated rings. The molecule has 0 heterocycles. The Morgan fingerprint density at radius 1 is 1.08 bits per heavy atom. The van der Waals surface area contributed by atoms with E-state index in [1.54, 1.807) is 25.1 Å². The maximum atomic E-state index is 12.1. The highest BCUT2D eigenvalue weighted by molar-refractivity contribution is 6.01. The Balaban J connectivity index is 1.80. The third-order valence-electron chi connectivity index (χ3n) is 3.64. The average Bonchev–Trinajstić information content (AvgIpc) is 2.64. The van der Waals surface area contributed by atoms with Crippen LogP contribution in [0.3, 0.4) is 0 Å². The van der Waals surface area contributed by atoms with E-state index in [0.717, 1.165) is 5.39 Å². The highest BCUT2D eigenvalue weighted by Gasteiger charge is 2.16. The molecule has 2 aromatic rings. The fourth-order valence-electron chi connectivity index (χ4n) is 2.37. The van der Waals surface area contributed by atoms with E-state index in [0.29, 0.717) is 18.4 Å². The van der Waals surface area contributed by atoms with E-state index < -0.39 is 18.5 Å². The number of amides is 1. The predicted molar refractivity (Wildman–Crippen MR) is 94.8 cm³/mol. The van der Waals surface area contributed by atoms with E-state index >= 15 is 0 Å². The van der Waals surface area contributed by atoms with Gasteiger partial charge in [-0.2, -0.15) is 0 Å². The molecule has 0 aromatic heterocycles. The van der Waals surface area contributed by atoms with Gasteiger partial charge in [-0.1, -0.05) is 30.3 Å². The van der Waals surface area contributed by atoms with Crippen molar-refractivity contribution in [2.75, 3.05) is 19.8 Å². The van der Waals surface area contributed by atoms with Gasteiger partial charge in [0.15, 0.2) is 6.61 Å². The number of phenols is 1. The second kappa shape index (κ2) is 9.41. The van der Waals surface area contributed by atoms with Gasteiger partial charge in [-0.3, -0.25) is 9.59 Å². The summed E-state index contributed by atoms with van der Waals surface area (Å²) in [5, 5.41) is 14.1. The fraction of sp³-hybridized carbons (Fsp3) is 0.316. The van der Waals surface area contributed by atoms with Crippen molar-refractivity contribution in [2.24, 2.45) is 0 Å². The summed E-state index contributed by atoms with van der Waals surface area (Å²) in [5.74, 6) is -1.76. The Bertz CT molecular complexity index is 802. The van der Waals surface area contributed by atoms with Crippen molar-refractivity contribution in [2.45, 2.75) is 19.8 Å². The summed E-state index contributed by atoms with van der Waals surface area (Å²) in [6.45, 7) is 1.85. The minimum Gasteiger partial charge on any atom is -0.506 e. The molecule has 0 saturated heterocycles. The summed E-state index contributed by atoms with van der Waals surface area (Å²) in [7, 11) is 0. The second-order valence-electron chi connectivity index (χ2n) is 5.52. The first kappa shape index (κ1) is 19.2. The number of rotatable bonds is 8. The maximum absolute atomic E-state index is 12.1. The molecule has 0 radical (unpaired) electrons. The molecule has 1 amide bonds. The van der Waals surface area contributed by atoms with E-state index in [4.69, 9.17) is 9.47 Å². The lowest BCUT2D eigenvalue weighted by molar-refractivity contribution is -0.143. The first-order chi connectivity index (χ1) is 12.5. The van der Waals surface area contributed by atoms with Crippen LogP contribution in [0, 0.1) is 0 Å². The number of esters is 2. The Labute approximate surface area is 150 Å². The third-order valence-corrected chi connectivity index (χ3v) is 3.64. The van der Waals surface area contributed by atoms with Gasteiger partial charge in [0.1, 0.15) is 11.3 Å². The first-order valence-corrected chi connectivity index (χ1v) is 8.33. The van der Waals surface area contributed by atoms with Crippen LogP contribution < -0.4 is 5.32 Å². The number of nitrogens with one attached hydrogen (secondary N) is 1. The fourth-order valence-corrected chi connectivity index (χ4v) is 2.37. The molecule has 2 rings (SSSR count). The Morgan fingerprint density at radius 2 is 1.85 bits per heavy atom. The largest absolute Gasteiger partial charge is 0.506 e. The van der Waals surface area contributed by atoms with Crippen LogP contribution in [0.15, 0.2) is 36.4 Å². The molecule has 0 unspecified atom stereocenters. The van der Waals surface area contributed by atoms with Crippen LogP contribution in [-0.2, 0) is 19.1 Å². The maximum Gasteiger partial charge on any atom is 0.342 e. The molecular formula is C19H21NO6. The van der Waals surface area contributed by atoms with Crippen LogP contribution in [0.4, 0.5) is 0 Å². The van der Waals surface area contributed by atoms with Crippen LogP contribution >= 0.6 is 0 Å². The van der Waals surface area contributed by atoms with Crippen LogP contribution in [0.1, 0.15) is 30.1 Å².